The lowest BCUT2D eigenvalue weighted by molar-refractivity contribution is -0.141. The molecule has 204 valence electrons. The molecule has 1 fully saturated rings. The Morgan fingerprint density at radius 1 is 1.18 bits per heavy atom. The summed E-state index contributed by atoms with van der Waals surface area (Å²) in [6.45, 7) is 7.49. The molecule has 39 heavy (non-hydrogen) atoms. The van der Waals surface area contributed by atoms with E-state index in [9.17, 15) is 24.4 Å². The second kappa shape index (κ2) is 10.4. The average molecular weight is 532 g/mol. The lowest BCUT2D eigenvalue weighted by Crippen LogP contribution is -2.53. The van der Waals surface area contributed by atoms with Crippen molar-refractivity contribution in [3.05, 3.63) is 53.6 Å². The molecule has 0 aromatic heterocycles. The molecule has 2 heterocycles. The van der Waals surface area contributed by atoms with Crippen molar-refractivity contribution in [3.63, 3.8) is 0 Å². The first kappa shape index (κ1) is 27.6. The second-order valence-electron chi connectivity index (χ2n) is 11.3. The van der Waals surface area contributed by atoms with Gasteiger partial charge in [0.1, 0.15) is 17.8 Å². The van der Waals surface area contributed by atoms with Gasteiger partial charge in [-0.3, -0.25) is 19.2 Å². The molecule has 2 aromatic rings. The first-order valence-corrected chi connectivity index (χ1v) is 12.8. The maximum absolute atomic E-state index is 13.9. The van der Waals surface area contributed by atoms with E-state index in [0.29, 0.717) is 22.7 Å². The predicted octanol–water partition coefficient (Wildman–Crippen LogP) is 2.88. The van der Waals surface area contributed by atoms with Gasteiger partial charge >= 0.3 is 11.8 Å². The summed E-state index contributed by atoms with van der Waals surface area (Å²) in [7, 11) is 1.46. The molecule has 2 aromatic carbocycles. The monoisotopic (exact) mass is 531 g/mol. The van der Waals surface area contributed by atoms with Gasteiger partial charge in [-0.1, -0.05) is 51.1 Å². The molecule has 0 radical (unpaired) electrons. The van der Waals surface area contributed by atoms with Crippen molar-refractivity contribution in [1.82, 2.24) is 10.2 Å². The third kappa shape index (κ3) is 5.30. The summed E-state index contributed by atoms with van der Waals surface area (Å²) in [5, 5.41) is 18.0. The summed E-state index contributed by atoms with van der Waals surface area (Å²) in [6.07, 6.45) is 0.352. The molecule has 10 heteroatoms. The molecule has 1 saturated heterocycles. The minimum Gasteiger partial charge on any atom is -0.495 e. The summed E-state index contributed by atoms with van der Waals surface area (Å²) in [6, 6.07) is 12.6. The molecule has 0 saturated carbocycles. The minimum absolute atomic E-state index is 0.00394. The molecular formula is C29H33N5O5. The number of benzene rings is 2. The van der Waals surface area contributed by atoms with E-state index in [2.05, 4.69) is 22.0 Å². The zero-order valence-electron chi connectivity index (χ0n) is 22.8. The number of hydrogen-bond donors (Lipinski definition) is 3. The molecule has 2 aliphatic rings. The number of carbonyl (C=O) groups is 4. The standard InChI is InChI=1S/C29H33N5O5/c1-17-9-8-12-22(39-5)23(17)33-25(36)24(35)31-21(14-28(2,3)4)26(37)34-16-29(13-18(34)15-30)19-10-6-7-11-20(19)32-27(29)38/h6-12,18,21H,13-14,16H2,1-5H3,(H,31,35)(H,32,38)(H,33,36)/t18?,21-,29-/m0/s1. The molecule has 4 rings (SSSR count). The Balaban J connectivity index is 1.58. The lowest BCUT2D eigenvalue weighted by atomic mass is 9.80. The van der Waals surface area contributed by atoms with Crippen LogP contribution in [0.25, 0.3) is 0 Å². The summed E-state index contributed by atoms with van der Waals surface area (Å²) >= 11 is 0. The Kier molecular flexibility index (Phi) is 7.37. The van der Waals surface area contributed by atoms with Crippen LogP contribution in [0.4, 0.5) is 11.4 Å². The largest absolute Gasteiger partial charge is 0.495 e. The number of para-hydroxylation sites is 2. The predicted molar refractivity (Wildman–Crippen MR) is 145 cm³/mol. The molecule has 2 aliphatic heterocycles. The molecule has 4 amide bonds. The van der Waals surface area contributed by atoms with E-state index in [1.165, 1.54) is 12.0 Å². The highest BCUT2D eigenvalue weighted by atomic mass is 16.5. The highest BCUT2D eigenvalue weighted by molar-refractivity contribution is 6.40. The molecule has 1 unspecified atom stereocenters. The zero-order valence-corrected chi connectivity index (χ0v) is 22.8. The van der Waals surface area contributed by atoms with Gasteiger partial charge in [0, 0.05) is 18.7 Å². The topological polar surface area (TPSA) is 141 Å². The molecule has 1 spiro atoms. The van der Waals surface area contributed by atoms with Crippen molar-refractivity contribution < 1.29 is 23.9 Å². The van der Waals surface area contributed by atoms with Crippen molar-refractivity contribution in [1.29, 1.82) is 5.26 Å². The van der Waals surface area contributed by atoms with E-state index in [1.54, 1.807) is 31.2 Å². The SMILES string of the molecule is COc1cccc(C)c1NC(=O)C(=O)N[C@@H](CC(C)(C)C)C(=O)N1C[C@]2(CC1C#N)C(=O)Nc1ccccc12. The van der Waals surface area contributed by atoms with Gasteiger partial charge in [0.15, 0.2) is 0 Å². The first-order chi connectivity index (χ1) is 18.4. The number of nitriles is 1. The van der Waals surface area contributed by atoms with Crippen LogP contribution in [0.15, 0.2) is 42.5 Å². The van der Waals surface area contributed by atoms with Crippen LogP contribution in [0, 0.1) is 23.7 Å². The highest BCUT2D eigenvalue weighted by Crippen LogP contribution is 2.46. The molecule has 10 nitrogen and oxygen atoms in total. The number of methoxy groups -OCH3 is 1. The van der Waals surface area contributed by atoms with Gasteiger partial charge in [0.25, 0.3) is 0 Å². The van der Waals surface area contributed by atoms with Gasteiger partial charge in [0.2, 0.25) is 11.8 Å². The number of hydrogen-bond acceptors (Lipinski definition) is 6. The number of ether oxygens (including phenoxy) is 1. The fraction of sp³-hybridized carbons (Fsp3) is 0.414. The number of likely N-dealkylation sites (tertiary alicyclic amines) is 1. The van der Waals surface area contributed by atoms with Crippen LogP contribution in [-0.4, -0.2) is 54.3 Å². The van der Waals surface area contributed by atoms with Gasteiger partial charge in [0.05, 0.1) is 24.3 Å². The Bertz CT molecular complexity index is 1370. The highest BCUT2D eigenvalue weighted by Gasteiger charge is 2.56. The number of nitrogens with one attached hydrogen (secondary N) is 3. The van der Waals surface area contributed by atoms with Gasteiger partial charge < -0.3 is 25.6 Å². The summed E-state index contributed by atoms with van der Waals surface area (Å²) in [5.41, 5.74) is 1.01. The number of rotatable bonds is 5. The van der Waals surface area contributed by atoms with Crippen LogP contribution in [0.5, 0.6) is 5.75 Å². The van der Waals surface area contributed by atoms with Gasteiger partial charge in [-0.15, -0.1) is 0 Å². The zero-order chi connectivity index (χ0) is 28.5. The average Bonchev–Trinajstić information content (AvgIpc) is 3.41. The van der Waals surface area contributed by atoms with Crippen LogP contribution in [0.3, 0.4) is 0 Å². The van der Waals surface area contributed by atoms with E-state index in [0.717, 1.165) is 5.56 Å². The van der Waals surface area contributed by atoms with E-state index in [4.69, 9.17) is 4.74 Å². The van der Waals surface area contributed by atoms with Gasteiger partial charge in [-0.25, -0.2) is 0 Å². The molecule has 3 atom stereocenters. The number of aryl methyl sites for hydroxylation is 1. The molecule has 3 N–H and O–H groups in total. The maximum Gasteiger partial charge on any atom is 0.313 e. The summed E-state index contributed by atoms with van der Waals surface area (Å²) in [4.78, 5) is 54.3. The maximum atomic E-state index is 13.9. The van der Waals surface area contributed by atoms with Crippen molar-refractivity contribution in [2.75, 3.05) is 24.3 Å². The molecular weight excluding hydrogens is 498 g/mol. The minimum atomic E-state index is -1.09. The van der Waals surface area contributed by atoms with Crippen LogP contribution < -0.4 is 20.7 Å². The lowest BCUT2D eigenvalue weighted by Gasteiger charge is -2.31. The first-order valence-electron chi connectivity index (χ1n) is 12.8. The fourth-order valence-corrected chi connectivity index (χ4v) is 5.36. The Morgan fingerprint density at radius 2 is 1.90 bits per heavy atom. The van der Waals surface area contributed by atoms with E-state index in [-0.39, 0.29) is 25.3 Å². The van der Waals surface area contributed by atoms with Gasteiger partial charge in [-0.2, -0.15) is 5.26 Å². The van der Waals surface area contributed by atoms with Crippen molar-refractivity contribution in [2.45, 2.75) is 58.0 Å². The number of fused-ring (bicyclic) bond motifs is 2. The summed E-state index contributed by atoms with van der Waals surface area (Å²) in [5.74, 6) is -2.32. The normalized spacial score (nSPS) is 20.6. The third-order valence-corrected chi connectivity index (χ3v) is 7.24. The van der Waals surface area contributed by atoms with Crippen LogP contribution >= 0.6 is 0 Å². The molecule has 0 bridgehead atoms. The summed E-state index contributed by atoms with van der Waals surface area (Å²) < 4.78 is 5.29. The van der Waals surface area contributed by atoms with Crippen LogP contribution in [0.1, 0.15) is 44.7 Å². The number of carbonyl (C=O) groups excluding carboxylic acids is 4. The number of amides is 4. The Hall–Kier alpha value is -4.39. The third-order valence-electron chi connectivity index (χ3n) is 7.24. The number of anilines is 2. The quantitative estimate of drug-likeness (QED) is 0.507. The van der Waals surface area contributed by atoms with Crippen LogP contribution in [-0.2, 0) is 24.6 Å². The van der Waals surface area contributed by atoms with Crippen molar-refractivity contribution in [3.8, 4) is 11.8 Å². The van der Waals surface area contributed by atoms with Crippen LogP contribution in [0.2, 0.25) is 0 Å². The van der Waals surface area contributed by atoms with E-state index in [1.807, 2.05) is 39.0 Å². The van der Waals surface area contributed by atoms with E-state index < -0.39 is 40.6 Å². The Labute approximate surface area is 227 Å². The van der Waals surface area contributed by atoms with E-state index >= 15 is 0 Å². The van der Waals surface area contributed by atoms with Crippen molar-refractivity contribution in [2.24, 2.45) is 5.41 Å². The van der Waals surface area contributed by atoms with Gasteiger partial charge in [-0.05, 0) is 42.0 Å². The Morgan fingerprint density at radius 3 is 2.56 bits per heavy atom. The van der Waals surface area contributed by atoms with Crippen molar-refractivity contribution >= 4 is 35.0 Å². The number of nitrogens with zero attached hydrogens (tertiary/aromatic N) is 2. The second-order valence-corrected chi connectivity index (χ2v) is 11.3. The molecule has 0 aliphatic carbocycles. The fourth-order valence-electron chi connectivity index (χ4n) is 5.36. The smallest absolute Gasteiger partial charge is 0.313 e.